The molecule has 1 aliphatic rings. The number of aromatic nitrogens is 1. The van der Waals surface area contributed by atoms with Crippen molar-refractivity contribution >= 4 is 21.8 Å². The number of benzene rings is 1. The molecule has 156 valence electrons. The first-order valence-electron chi connectivity index (χ1n) is 9.14. The smallest absolute Gasteiger partial charge is 0.354 e. The van der Waals surface area contributed by atoms with Gasteiger partial charge in [-0.05, 0) is 56.5 Å². The van der Waals surface area contributed by atoms with Crippen LogP contribution in [0.2, 0.25) is 0 Å². The lowest BCUT2D eigenvalue weighted by Gasteiger charge is -2.21. The van der Waals surface area contributed by atoms with Crippen LogP contribution in [-0.4, -0.2) is 48.7 Å². The van der Waals surface area contributed by atoms with Gasteiger partial charge in [-0.2, -0.15) is 4.31 Å². The zero-order valence-corrected chi connectivity index (χ0v) is 17.5. The molecule has 1 heterocycles. The number of sulfonamides is 1. The van der Waals surface area contributed by atoms with Crippen LogP contribution in [0.5, 0.6) is 0 Å². The second kappa shape index (κ2) is 7.72. The third-order valence-corrected chi connectivity index (χ3v) is 7.17. The Morgan fingerprint density at radius 1 is 1.21 bits per heavy atom. The highest BCUT2D eigenvalue weighted by Gasteiger charge is 2.40. The van der Waals surface area contributed by atoms with Gasteiger partial charge < -0.3 is 9.30 Å². The Kier molecular flexibility index (Phi) is 5.64. The summed E-state index contributed by atoms with van der Waals surface area (Å²) in [6, 6.07) is 4.28. The van der Waals surface area contributed by atoms with E-state index in [9.17, 15) is 22.4 Å². The summed E-state index contributed by atoms with van der Waals surface area (Å²) < 4.78 is 46.9. The van der Waals surface area contributed by atoms with Gasteiger partial charge in [0, 0.05) is 24.3 Å². The molecule has 0 bridgehead atoms. The van der Waals surface area contributed by atoms with Crippen molar-refractivity contribution in [3.63, 3.8) is 0 Å². The molecule has 0 N–H and O–H groups in total. The van der Waals surface area contributed by atoms with Crippen LogP contribution in [0.25, 0.3) is 0 Å². The summed E-state index contributed by atoms with van der Waals surface area (Å²) >= 11 is 0. The Hall–Kier alpha value is -2.52. The van der Waals surface area contributed by atoms with Crippen LogP contribution < -0.4 is 0 Å². The van der Waals surface area contributed by atoms with Crippen molar-refractivity contribution in [1.82, 2.24) is 8.87 Å². The zero-order valence-electron chi connectivity index (χ0n) is 16.7. The number of carbonyl (C=O) groups excluding carboxylic acids is 2. The van der Waals surface area contributed by atoms with Crippen LogP contribution in [0, 0.1) is 19.7 Å². The third-order valence-electron chi connectivity index (χ3n) is 5.26. The minimum atomic E-state index is -3.96. The Balaban J connectivity index is 1.96. The van der Waals surface area contributed by atoms with Gasteiger partial charge in [-0.15, -0.1) is 0 Å². The van der Waals surface area contributed by atoms with Crippen LogP contribution in [0.3, 0.4) is 0 Å². The third kappa shape index (κ3) is 3.84. The largest absolute Gasteiger partial charge is 0.464 e. The number of methoxy groups -OCH3 is 1. The maximum Gasteiger partial charge on any atom is 0.354 e. The molecule has 1 fully saturated rings. The summed E-state index contributed by atoms with van der Waals surface area (Å²) in [6.45, 7) is 2.99. The molecular weight excluding hydrogens is 399 g/mol. The topological polar surface area (TPSA) is 85.7 Å². The molecule has 0 unspecified atom stereocenters. The Morgan fingerprint density at radius 3 is 2.31 bits per heavy atom. The highest BCUT2D eigenvalue weighted by Crippen LogP contribution is 2.33. The lowest BCUT2D eigenvalue weighted by molar-refractivity contribution is 0.0588. The van der Waals surface area contributed by atoms with Gasteiger partial charge in [-0.25, -0.2) is 17.6 Å². The number of carbonyl (C=O) groups is 2. The van der Waals surface area contributed by atoms with Gasteiger partial charge in [0.1, 0.15) is 11.5 Å². The summed E-state index contributed by atoms with van der Waals surface area (Å²) in [5.41, 5.74) is 1.58. The first kappa shape index (κ1) is 21.2. The highest BCUT2D eigenvalue weighted by molar-refractivity contribution is 7.89. The van der Waals surface area contributed by atoms with Crippen LogP contribution >= 0.6 is 0 Å². The summed E-state index contributed by atoms with van der Waals surface area (Å²) in [5, 5.41) is 0. The van der Waals surface area contributed by atoms with Crippen molar-refractivity contribution in [2.75, 3.05) is 13.7 Å². The fraction of sp³-hybridized carbons (Fsp3) is 0.400. The second-order valence-electron chi connectivity index (χ2n) is 7.14. The molecule has 0 amide bonds. The van der Waals surface area contributed by atoms with Crippen molar-refractivity contribution in [3.05, 3.63) is 52.6 Å². The molecule has 1 aromatic carbocycles. The number of halogens is 1. The molecule has 1 aromatic heterocycles. The zero-order chi connectivity index (χ0) is 21.5. The number of hydrogen-bond acceptors (Lipinski definition) is 5. The average molecular weight is 422 g/mol. The van der Waals surface area contributed by atoms with Crippen molar-refractivity contribution in [1.29, 1.82) is 0 Å². The van der Waals surface area contributed by atoms with E-state index in [4.69, 9.17) is 4.74 Å². The molecule has 1 saturated carbocycles. The number of ketones is 1. The van der Waals surface area contributed by atoms with E-state index in [1.165, 1.54) is 23.5 Å². The Labute approximate surface area is 169 Å². The second-order valence-corrected chi connectivity index (χ2v) is 9.03. The first-order valence-corrected chi connectivity index (χ1v) is 10.6. The van der Waals surface area contributed by atoms with Crippen molar-refractivity contribution in [2.24, 2.45) is 7.05 Å². The van der Waals surface area contributed by atoms with Gasteiger partial charge in [0.05, 0.1) is 18.6 Å². The first-order chi connectivity index (χ1) is 13.6. The monoisotopic (exact) mass is 422 g/mol. The predicted octanol–water partition coefficient (Wildman–Crippen LogP) is 2.60. The number of Topliss-reactive ketones (excluding diaryl/α,β-unsaturated/α-hetero) is 1. The van der Waals surface area contributed by atoms with Crippen LogP contribution in [-0.2, 0) is 21.8 Å². The summed E-state index contributed by atoms with van der Waals surface area (Å²) in [5.74, 6) is -1.50. The van der Waals surface area contributed by atoms with Crippen LogP contribution in [0.1, 0.15) is 44.9 Å². The molecule has 1 aliphatic carbocycles. The SMILES string of the molecule is COC(=O)c1c(C)c(C(=O)CN(C2CC2)S(=O)(=O)c2ccc(F)cc2)c(C)n1C. The Bertz CT molecular complexity index is 1070. The van der Waals surface area contributed by atoms with E-state index >= 15 is 0 Å². The van der Waals surface area contributed by atoms with Gasteiger partial charge in [0.15, 0.2) is 5.78 Å². The number of rotatable bonds is 7. The number of nitrogens with zero attached hydrogens (tertiary/aromatic N) is 2. The number of ether oxygens (including phenoxy) is 1. The van der Waals surface area contributed by atoms with Crippen LogP contribution in [0.4, 0.5) is 4.39 Å². The van der Waals surface area contributed by atoms with Crippen molar-refractivity contribution in [3.8, 4) is 0 Å². The number of hydrogen-bond donors (Lipinski definition) is 0. The van der Waals surface area contributed by atoms with E-state index in [1.807, 2.05) is 0 Å². The maximum atomic E-state index is 13.2. The van der Waals surface area contributed by atoms with Crippen LogP contribution in [0.15, 0.2) is 29.2 Å². The fourth-order valence-corrected chi connectivity index (χ4v) is 5.15. The van der Waals surface area contributed by atoms with Gasteiger partial charge in [0.25, 0.3) is 0 Å². The molecule has 2 aromatic rings. The van der Waals surface area contributed by atoms with Gasteiger partial charge in [0.2, 0.25) is 10.0 Å². The lowest BCUT2D eigenvalue weighted by Crippen LogP contribution is -2.37. The Morgan fingerprint density at radius 2 is 1.79 bits per heavy atom. The molecule has 0 saturated heterocycles. The molecule has 9 heteroatoms. The molecular formula is C20H23FN2O5S. The summed E-state index contributed by atoms with van der Waals surface area (Å²) in [6.07, 6.45) is 1.32. The average Bonchev–Trinajstić information content (AvgIpc) is 3.47. The number of esters is 1. The lowest BCUT2D eigenvalue weighted by atomic mass is 10.1. The van der Waals surface area contributed by atoms with E-state index in [0.29, 0.717) is 29.7 Å². The van der Waals surface area contributed by atoms with Gasteiger partial charge in [-0.1, -0.05) is 0 Å². The van der Waals surface area contributed by atoms with E-state index in [1.54, 1.807) is 25.5 Å². The normalized spacial score (nSPS) is 14.3. The highest BCUT2D eigenvalue weighted by atomic mass is 32.2. The minimum Gasteiger partial charge on any atom is -0.464 e. The molecule has 0 aliphatic heterocycles. The standard InChI is InChI=1S/C20H23FN2O5S/c1-12-18(13(2)22(3)19(12)20(25)28-4)17(24)11-23(15-7-8-15)29(26,27)16-9-5-14(21)6-10-16/h5-6,9-10,15H,7-8,11H2,1-4H3. The minimum absolute atomic E-state index is 0.0599. The van der Waals surface area contributed by atoms with E-state index in [2.05, 4.69) is 0 Å². The van der Waals surface area contributed by atoms with E-state index in [0.717, 1.165) is 12.1 Å². The summed E-state index contributed by atoms with van der Waals surface area (Å²) in [7, 11) is -1.05. The van der Waals surface area contributed by atoms with Crippen molar-refractivity contribution in [2.45, 2.75) is 37.6 Å². The van der Waals surface area contributed by atoms with Gasteiger partial charge >= 0.3 is 5.97 Å². The molecule has 0 atom stereocenters. The fourth-order valence-electron chi connectivity index (χ4n) is 3.51. The van der Waals surface area contributed by atoms with Gasteiger partial charge in [-0.3, -0.25) is 4.79 Å². The van der Waals surface area contributed by atoms with Crippen molar-refractivity contribution < 1.29 is 27.1 Å². The quantitative estimate of drug-likeness (QED) is 0.506. The molecule has 29 heavy (non-hydrogen) atoms. The molecule has 0 radical (unpaired) electrons. The summed E-state index contributed by atoms with van der Waals surface area (Å²) in [4.78, 5) is 25.1. The molecule has 3 rings (SSSR count). The molecule has 7 nitrogen and oxygen atoms in total. The van der Waals surface area contributed by atoms with E-state index in [-0.39, 0.29) is 23.2 Å². The molecule has 0 spiro atoms. The maximum absolute atomic E-state index is 13.2. The van der Waals surface area contributed by atoms with E-state index < -0.39 is 27.6 Å². The predicted molar refractivity (Wildman–Crippen MR) is 104 cm³/mol.